The standard InChI is InChI=1S/C30H38N2O9.H4NO3P/c1-3-4-11-24(34)31-25-26(35)27(23(18-33)40-28(25)36)41-29(37)30(21-12-14-22(38-2)15-13-21)16-8-17-32(30)39-19-20-9-6-5-7-10-20;1-5(2,3)4/h3,5-7,9-10,12-15,23,25-28,33,35-36H,1,4,8,11,16-19H2,2H3,(H,31,34);(H4,1,2,3,4)/t23-,25-,26-,27-,28?,30-;/m1./s1. The summed E-state index contributed by atoms with van der Waals surface area (Å²) in [5, 5.41) is 35.8. The first-order chi connectivity index (χ1) is 21.8. The van der Waals surface area contributed by atoms with Crippen LogP contribution in [-0.2, 0) is 40.6 Å². The minimum absolute atomic E-state index is 0.0849. The highest BCUT2D eigenvalue weighted by molar-refractivity contribution is 7.49. The Morgan fingerprint density at radius 1 is 1.17 bits per heavy atom. The molecule has 4 rings (SSSR count). The zero-order valence-corrected chi connectivity index (χ0v) is 26.3. The van der Waals surface area contributed by atoms with E-state index in [2.05, 4.69) is 17.4 Å². The Bertz CT molecular complexity index is 1320. The Morgan fingerprint density at radius 3 is 2.41 bits per heavy atom. The maximum atomic E-state index is 14.2. The largest absolute Gasteiger partial charge is 0.497 e. The molecule has 15 nitrogen and oxygen atoms in total. The minimum Gasteiger partial charge on any atom is -0.497 e. The maximum absolute atomic E-state index is 14.2. The van der Waals surface area contributed by atoms with Gasteiger partial charge in [-0.15, -0.1) is 6.58 Å². The Kier molecular flexibility index (Phi) is 13.8. The summed E-state index contributed by atoms with van der Waals surface area (Å²) in [5.74, 6) is -0.574. The molecule has 46 heavy (non-hydrogen) atoms. The molecule has 0 saturated carbocycles. The lowest BCUT2D eigenvalue weighted by Crippen LogP contribution is -2.66. The molecule has 2 aromatic carbocycles. The van der Waals surface area contributed by atoms with Crippen molar-refractivity contribution in [2.45, 2.75) is 68.5 Å². The molecule has 6 atom stereocenters. The first-order valence-electron chi connectivity index (χ1n) is 14.5. The molecular weight excluding hydrogens is 625 g/mol. The number of amides is 1. The van der Waals surface area contributed by atoms with Crippen molar-refractivity contribution in [3.8, 4) is 5.75 Å². The van der Waals surface area contributed by atoms with Crippen molar-refractivity contribution in [2.75, 3.05) is 20.3 Å². The van der Waals surface area contributed by atoms with Crippen LogP contribution >= 0.6 is 7.75 Å². The van der Waals surface area contributed by atoms with Gasteiger partial charge in [0.2, 0.25) is 5.91 Å². The van der Waals surface area contributed by atoms with Gasteiger partial charge in [0, 0.05) is 13.0 Å². The SMILES string of the molecule is C=CCCC(=O)N[C@H]1C(O)O[C@H](CO)[C@@H](OC(=O)[C@]2(c3ccc(OC)cc3)CCCN2OCc2ccccc2)[C@@H]1O.NP(=O)(O)O. The monoisotopic (exact) mass is 667 g/mol. The Balaban J connectivity index is 0.00000107. The number of nitrogens with zero attached hydrogens (tertiary/aromatic N) is 1. The van der Waals surface area contributed by atoms with E-state index >= 15 is 0 Å². The lowest BCUT2D eigenvalue weighted by molar-refractivity contribution is -0.270. The summed E-state index contributed by atoms with van der Waals surface area (Å²) in [6.45, 7) is 3.58. The zero-order chi connectivity index (χ0) is 33.9. The van der Waals surface area contributed by atoms with Crippen LogP contribution in [0.4, 0.5) is 0 Å². The van der Waals surface area contributed by atoms with E-state index < -0.39 is 62.4 Å². The number of carbonyl (C=O) groups excluding carboxylic acids is 2. The summed E-state index contributed by atoms with van der Waals surface area (Å²) in [7, 11) is -2.59. The van der Waals surface area contributed by atoms with Crippen LogP contribution in [0.1, 0.15) is 36.8 Å². The van der Waals surface area contributed by atoms with Crippen molar-refractivity contribution < 1.29 is 58.3 Å². The molecule has 254 valence electrons. The quantitative estimate of drug-likeness (QED) is 0.0934. The molecule has 1 unspecified atom stereocenters. The predicted molar refractivity (Wildman–Crippen MR) is 163 cm³/mol. The van der Waals surface area contributed by atoms with Crippen LogP contribution in [0.15, 0.2) is 67.3 Å². The van der Waals surface area contributed by atoms with Crippen LogP contribution in [0, 0.1) is 0 Å². The van der Waals surface area contributed by atoms with Gasteiger partial charge in [-0.05, 0) is 42.5 Å². The number of hydrogen-bond acceptors (Lipinski definition) is 11. The van der Waals surface area contributed by atoms with E-state index in [0.29, 0.717) is 37.1 Å². The molecule has 0 spiro atoms. The number of rotatable bonds is 12. The van der Waals surface area contributed by atoms with E-state index in [9.17, 15) is 24.9 Å². The second kappa shape index (κ2) is 17.1. The number of nitrogens with two attached hydrogens (primary N) is 1. The molecule has 2 saturated heterocycles. The second-order valence-electron chi connectivity index (χ2n) is 10.7. The van der Waals surface area contributed by atoms with Crippen molar-refractivity contribution in [3.63, 3.8) is 0 Å². The van der Waals surface area contributed by atoms with Crippen LogP contribution in [0.5, 0.6) is 5.75 Å². The molecule has 16 heteroatoms. The van der Waals surface area contributed by atoms with Gasteiger partial charge in [-0.3, -0.25) is 9.63 Å². The fraction of sp³-hybridized carbons (Fsp3) is 0.467. The number of ether oxygens (including phenoxy) is 3. The summed E-state index contributed by atoms with van der Waals surface area (Å²) < 4.78 is 25.8. The fourth-order valence-corrected chi connectivity index (χ4v) is 5.27. The molecule has 0 aliphatic carbocycles. The molecule has 0 bridgehead atoms. The number of nitrogens with one attached hydrogen (secondary N) is 1. The van der Waals surface area contributed by atoms with E-state index in [0.717, 1.165) is 5.56 Å². The van der Waals surface area contributed by atoms with Gasteiger partial charge >= 0.3 is 13.7 Å². The van der Waals surface area contributed by atoms with Gasteiger partial charge < -0.3 is 44.6 Å². The van der Waals surface area contributed by atoms with Crippen molar-refractivity contribution in [1.29, 1.82) is 0 Å². The van der Waals surface area contributed by atoms with E-state index in [1.807, 2.05) is 30.3 Å². The number of esters is 1. The number of aliphatic hydroxyl groups is 3. The average Bonchev–Trinajstić information content (AvgIpc) is 3.46. The molecule has 2 fully saturated rings. The number of carbonyl (C=O) groups is 2. The van der Waals surface area contributed by atoms with E-state index in [-0.39, 0.29) is 13.0 Å². The third-order valence-electron chi connectivity index (χ3n) is 7.48. The second-order valence-corrected chi connectivity index (χ2v) is 11.8. The molecule has 2 aliphatic heterocycles. The van der Waals surface area contributed by atoms with Gasteiger partial charge in [-0.1, -0.05) is 48.5 Å². The third-order valence-corrected chi connectivity index (χ3v) is 7.48. The Morgan fingerprint density at radius 2 is 1.83 bits per heavy atom. The summed E-state index contributed by atoms with van der Waals surface area (Å²) >= 11 is 0. The van der Waals surface area contributed by atoms with Crippen LogP contribution in [0.25, 0.3) is 0 Å². The smallest absolute Gasteiger partial charge is 0.397 e. The van der Waals surface area contributed by atoms with Crippen molar-refractivity contribution in [2.24, 2.45) is 5.50 Å². The molecule has 0 aromatic heterocycles. The molecule has 8 N–H and O–H groups in total. The number of aliphatic hydroxyl groups excluding tert-OH is 3. The maximum Gasteiger partial charge on any atom is 0.397 e. The van der Waals surface area contributed by atoms with Crippen molar-refractivity contribution in [1.82, 2.24) is 10.4 Å². The number of hydrogen-bond donors (Lipinski definition) is 7. The summed E-state index contributed by atoms with van der Waals surface area (Å²) in [5.41, 5.74) is 4.14. The van der Waals surface area contributed by atoms with Crippen LogP contribution in [0.2, 0.25) is 0 Å². The Labute approximate surface area is 266 Å². The number of hydroxylamine groups is 2. The van der Waals surface area contributed by atoms with Gasteiger partial charge in [0.15, 0.2) is 17.9 Å². The van der Waals surface area contributed by atoms with Crippen LogP contribution in [-0.4, -0.2) is 93.0 Å². The predicted octanol–water partition coefficient (Wildman–Crippen LogP) is 0.589. The highest BCUT2D eigenvalue weighted by Crippen LogP contribution is 2.42. The highest BCUT2D eigenvalue weighted by atomic mass is 31.2. The van der Waals surface area contributed by atoms with Crippen molar-refractivity contribution >= 4 is 19.6 Å². The van der Waals surface area contributed by atoms with Gasteiger partial charge in [-0.25, -0.2) is 14.9 Å². The molecule has 0 radical (unpaired) electrons. The average molecular weight is 668 g/mol. The van der Waals surface area contributed by atoms with Gasteiger partial charge in [0.25, 0.3) is 0 Å². The van der Waals surface area contributed by atoms with E-state index in [4.69, 9.17) is 33.4 Å². The number of allylic oxidation sites excluding steroid dienone is 1. The molecule has 2 aromatic rings. The minimum atomic E-state index is -4.14. The summed E-state index contributed by atoms with van der Waals surface area (Å²) in [6.07, 6.45) is -2.81. The molecule has 2 aliphatic rings. The number of methoxy groups -OCH3 is 1. The van der Waals surface area contributed by atoms with Crippen LogP contribution in [0.3, 0.4) is 0 Å². The first kappa shape index (κ1) is 37.2. The zero-order valence-electron chi connectivity index (χ0n) is 25.4. The van der Waals surface area contributed by atoms with Gasteiger partial charge in [0.05, 0.1) is 20.3 Å². The topological polar surface area (TPSA) is 231 Å². The molecule has 1 amide bonds. The Hall–Kier alpha value is -3.21. The number of benzene rings is 2. The summed E-state index contributed by atoms with van der Waals surface area (Å²) in [4.78, 5) is 47.5. The van der Waals surface area contributed by atoms with E-state index in [1.165, 1.54) is 0 Å². The van der Waals surface area contributed by atoms with Crippen LogP contribution < -0.4 is 15.6 Å². The normalized spacial score (nSPS) is 26.4. The lowest BCUT2D eigenvalue weighted by Gasteiger charge is -2.44. The lowest BCUT2D eigenvalue weighted by atomic mass is 9.87. The van der Waals surface area contributed by atoms with E-state index in [1.54, 1.807) is 42.5 Å². The first-order valence-corrected chi connectivity index (χ1v) is 16.2. The van der Waals surface area contributed by atoms with Gasteiger partial charge in [-0.2, -0.15) is 5.06 Å². The fourth-order valence-electron chi connectivity index (χ4n) is 5.27. The van der Waals surface area contributed by atoms with Gasteiger partial charge in [0.1, 0.15) is 24.0 Å². The highest BCUT2D eigenvalue weighted by Gasteiger charge is 2.55. The third kappa shape index (κ3) is 9.89. The molecule has 2 heterocycles. The van der Waals surface area contributed by atoms with Crippen molar-refractivity contribution in [3.05, 3.63) is 78.4 Å². The molecular formula is C30H42N3O12P. The summed E-state index contributed by atoms with van der Waals surface area (Å²) in [6, 6.07) is 15.2.